The highest BCUT2D eigenvalue weighted by atomic mass is 32.1. The van der Waals surface area contributed by atoms with Crippen LogP contribution in [-0.4, -0.2) is 15.2 Å². The van der Waals surface area contributed by atoms with Gasteiger partial charge in [0.1, 0.15) is 5.82 Å². The predicted molar refractivity (Wildman–Crippen MR) is 53.9 cm³/mol. The molecule has 1 aromatic heterocycles. The fourth-order valence-electron chi connectivity index (χ4n) is 1.20. The van der Waals surface area contributed by atoms with Gasteiger partial charge in [-0.3, -0.25) is 10.2 Å². The van der Waals surface area contributed by atoms with Crippen LogP contribution in [0.3, 0.4) is 0 Å². The molecule has 0 aliphatic heterocycles. The zero-order valence-corrected chi connectivity index (χ0v) is 8.28. The van der Waals surface area contributed by atoms with Gasteiger partial charge in [0.05, 0.1) is 0 Å². The molecule has 0 fully saturated rings. The van der Waals surface area contributed by atoms with Gasteiger partial charge in [-0.2, -0.15) is 4.98 Å². The maximum atomic E-state index is 13.0. The summed E-state index contributed by atoms with van der Waals surface area (Å²) in [7, 11) is 0. The van der Waals surface area contributed by atoms with Crippen LogP contribution in [0, 0.1) is 17.5 Å². The highest BCUT2D eigenvalue weighted by Crippen LogP contribution is 2.17. The number of benzene rings is 1. The Bertz CT molecular complexity index is 515. The Kier molecular flexibility index (Phi) is 2.17. The molecule has 5 heteroatoms. The first-order chi connectivity index (χ1) is 6.66. The van der Waals surface area contributed by atoms with Crippen LogP contribution in [0.25, 0.3) is 11.4 Å². The summed E-state index contributed by atoms with van der Waals surface area (Å²) in [6.45, 7) is 1.71. The number of hydrogen-bond donors (Lipinski definition) is 2. The molecule has 0 amide bonds. The first-order valence-corrected chi connectivity index (χ1v) is 4.49. The third kappa shape index (κ3) is 1.58. The second kappa shape index (κ2) is 3.34. The minimum atomic E-state index is -0.220. The molecule has 0 radical (unpaired) electrons. The van der Waals surface area contributed by atoms with Crippen LogP contribution in [0.1, 0.15) is 5.56 Å². The molecule has 14 heavy (non-hydrogen) atoms. The Morgan fingerprint density at radius 3 is 2.71 bits per heavy atom. The van der Waals surface area contributed by atoms with Gasteiger partial charge in [0, 0.05) is 5.56 Å². The molecule has 0 saturated heterocycles. The van der Waals surface area contributed by atoms with Gasteiger partial charge in [0.2, 0.25) is 4.77 Å². The van der Waals surface area contributed by atoms with Crippen molar-refractivity contribution in [2.24, 2.45) is 0 Å². The fraction of sp³-hybridized carbons (Fsp3) is 0.111. The Morgan fingerprint density at radius 1 is 1.36 bits per heavy atom. The number of aryl methyl sites for hydroxylation is 1. The van der Waals surface area contributed by atoms with Gasteiger partial charge in [0.15, 0.2) is 5.82 Å². The molecule has 1 aromatic carbocycles. The second-order valence-corrected chi connectivity index (χ2v) is 3.37. The van der Waals surface area contributed by atoms with E-state index in [-0.39, 0.29) is 5.82 Å². The number of rotatable bonds is 1. The standard InChI is InChI=1S/C9H8FN3S/c1-5-4-6(2-3-7(5)10)8-11-9(14)13-12-8/h2-4H,1H3,(H2,11,12,13,14). The summed E-state index contributed by atoms with van der Waals surface area (Å²) in [5.41, 5.74) is 1.40. The zero-order chi connectivity index (χ0) is 10.1. The topological polar surface area (TPSA) is 44.5 Å². The van der Waals surface area contributed by atoms with E-state index in [9.17, 15) is 4.39 Å². The van der Waals surface area contributed by atoms with Gasteiger partial charge in [-0.15, -0.1) is 0 Å². The summed E-state index contributed by atoms with van der Waals surface area (Å²) in [5.74, 6) is 0.404. The van der Waals surface area contributed by atoms with Crippen LogP contribution in [-0.2, 0) is 0 Å². The second-order valence-electron chi connectivity index (χ2n) is 2.98. The SMILES string of the molecule is Cc1cc(-c2nc(=S)[nH][nH]2)ccc1F. The number of aromatic nitrogens is 3. The summed E-state index contributed by atoms with van der Waals surface area (Å²) in [4.78, 5) is 4.03. The highest BCUT2D eigenvalue weighted by molar-refractivity contribution is 7.71. The molecule has 0 atom stereocenters. The normalized spacial score (nSPS) is 10.4. The summed E-state index contributed by atoms with van der Waals surface area (Å²) < 4.78 is 13.4. The Balaban J connectivity index is 2.52. The molecule has 0 bridgehead atoms. The van der Waals surface area contributed by atoms with Crippen LogP contribution in [0.2, 0.25) is 0 Å². The molecule has 0 unspecified atom stereocenters. The van der Waals surface area contributed by atoms with Crippen molar-refractivity contribution in [2.45, 2.75) is 6.92 Å². The maximum Gasteiger partial charge on any atom is 0.213 e. The minimum Gasteiger partial charge on any atom is -0.282 e. The fourth-order valence-corrected chi connectivity index (χ4v) is 1.34. The average molecular weight is 209 g/mol. The molecule has 2 aromatic rings. The van der Waals surface area contributed by atoms with Gasteiger partial charge in [-0.1, -0.05) is 0 Å². The van der Waals surface area contributed by atoms with E-state index in [0.717, 1.165) is 5.56 Å². The van der Waals surface area contributed by atoms with Gasteiger partial charge < -0.3 is 0 Å². The molecule has 0 aliphatic carbocycles. The Hall–Kier alpha value is -1.49. The first-order valence-electron chi connectivity index (χ1n) is 4.08. The quantitative estimate of drug-likeness (QED) is 0.709. The highest BCUT2D eigenvalue weighted by Gasteiger charge is 2.03. The molecule has 0 saturated carbocycles. The van der Waals surface area contributed by atoms with Crippen molar-refractivity contribution in [1.82, 2.24) is 15.2 Å². The molecule has 2 rings (SSSR count). The van der Waals surface area contributed by atoms with E-state index in [1.807, 2.05) is 0 Å². The molecular formula is C9H8FN3S. The summed E-state index contributed by atoms with van der Waals surface area (Å²) in [6, 6.07) is 4.79. The van der Waals surface area contributed by atoms with Crippen molar-refractivity contribution in [3.05, 3.63) is 34.4 Å². The number of nitrogens with zero attached hydrogens (tertiary/aromatic N) is 1. The summed E-state index contributed by atoms with van der Waals surface area (Å²) >= 11 is 4.82. The first kappa shape index (κ1) is 9.08. The van der Waals surface area contributed by atoms with E-state index in [0.29, 0.717) is 16.2 Å². The zero-order valence-electron chi connectivity index (χ0n) is 7.47. The molecule has 0 aliphatic rings. The lowest BCUT2D eigenvalue weighted by Gasteiger charge is -1.98. The van der Waals surface area contributed by atoms with E-state index in [2.05, 4.69) is 15.2 Å². The molecular weight excluding hydrogens is 201 g/mol. The lowest BCUT2D eigenvalue weighted by molar-refractivity contribution is 0.618. The van der Waals surface area contributed by atoms with E-state index in [4.69, 9.17) is 12.2 Å². The number of halogens is 1. The molecule has 0 spiro atoms. The minimum absolute atomic E-state index is 0.220. The van der Waals surface area contributed by atoms with Crippen molar-refractivity contribution < 1.29 is 4.39 Å². The maximum absolute atomic E-state index is 13.0. The molecule has 3 nitrogen and oxygen atoms in total. The summed E-state index contributed by atoms with van der Waals surface area (Å²) in [6.07, 6.45) is 0. The number of H-pyrrole nitrogens is 2. The average Bonchev–Trinajstić information content (AvgIpc) is 2.57. The van der Waals surface area contributed by atoms with E-state index in [1.54, 1.807) is 19.1 Å². The summed E-state index contributed by atoms with van der Waals surface area (Å²) in [5, 5.41) is 5.49. The van der Waals surface area contributed by atoms with Crippen molar-refractivity contribution in [2.75, 3.05) is 0 Å². The van der Waals surface area contributed by atoms with Crippen LogP contribution in [0.4, 0.5) is 4.39 Å². The Morgan fingerprint density at radius 2 is 2.14 bits per heavy atom. The van der Waals surface area contributed by atoms with E-state index >= 15 is 0 Å². The van der Waals surface area contributed by atoms with Gasteiger partial charge in [0.25, 0.3) is 0 Å². The monoisotopic (exact) mass is 209 g/mol. The van der Waals surface area contributed by atoms with Crippen LogP contribution < -0.4 is 0 Å². The van der Waals surface area contributed by atoms with Crippen molar-refractivity contribution >= 4 is 12.2 Å². The van der Waals surface area contributed by atoms with Crippen LogP contribution in [0.15, 0.2) is 18.2 Å². The Labute approximate surface area is 85.0 Å². The largest absolute Gasteiger partial charge is 0.282 e. The third-order valence-corrected chi connectivity index (χ3v) is 2.13. The van der Waals surface area contributed by atoms with Gasteiger partial charge in [-0.25, -0.2) is 4.39 Å². The van der Waals surface area contributed by atoms with Crippen molar-refractivity contribution in [3.63, 3.8) is 0 Å². The molecule has 1 heterocycles. The molecule has 72 valence electrons. The van der Waals surface area contributed by atoms with Gasteiger partial charge in [-0.05, 0) is 42.9 Å². The lowest BCUT2D eigenvalue weighted by atomic mass is 10.1. The number of aromatic amines is 2. The van der Waals surface area contributed by atoms with E-state index < -0.39 is 0 Å². The molecule has 2 N–H and O–H groups in total. The van der Waals surface area contributed by atoms with Gasteiger partial charge >= 0.3 is 0 Å². The van der Waals surface area contributed by atoms with Crippen molar-refractivity contribution in [1.29, 1.82) is 0 Å². The van der Waals surface area contributed by atoms with Crippen LogP contribution in [0.5, 0.6) is 0 Å². The predicted octanol–water partition coefficient (Wildman–Crippen LogP) is 2.58. The van der Waals surface area contributed by atoms with Crippen LogP contribution >= 0.6 is 12.2 Å². The number of nitrogens with one attached hydrogen (secondary N) is 2. The lowest BCUT2D eigenvalue weighted by Crippen LogP contribution is -1.85. The third-order valence-electron chi connectivity index (χ3n) is 1.93. The van der Waals surface area contributed by atoms with Crippen molar-refractivity contribution in [3.8, 4) is 11.4 Å². The smallest absolute Gasteiger partial charge is 0.213 e. The van der Waals surface area contributed by atoms with E-state index in [1.165, 1.54) is 6.07 Å². The number of hydrogen-bond acceptors (Lipinski definition) is 2.